The van der Waals surface area contributed by atoms with E-state index in [-0.39, 0.29) is 25.2 Å². The van der Waals surface area contributed by atoms with Crippen LogP contribution in [0.1, 0.15) is 19.8 Å². The number of nitrogens with one attached hydrogen (secondary N) is 1. The molecule has 1 aliphatic rings. The molecule has 9 nitrogen and oxygen atoms in total. The summed E-state index contributed by atoms with van der Waals surface area (Å²) in [4.78, 5) is 48.9. The maximum absolute atomic E-state index is 12.6. The van der Waals surface area contributed by atoms with Gasteiger partial charge in [0, 0.05) is 26.2 Å². The largest absolute Gasteiger partial charge is 0.455 e. The van der Waals surface area contributed by atoms with Gasteiger partial charge in [0.25, 0.3) is 5.91 Å². The Bertz CT molecular complexity index is 929. The van der Waals surface area contributed by atoms with E-state index in [1.54, 1.807) is 9.13 Å². The standard InChI is InChI=1S/C18H22N4O5/c1-2-9-20-13-5-3-4-6-14(13)21(18(20)26)10-7-16(24)27-12-15(23)22-11-8-19-17(22)25/h3-6H,2,7-12H2,1H3,(H,19,25). The number of ether oxygens (including phenoxy) is 1. The summed E-state index contributed by atoms with van der Waals surface area (Å²) in [6.07, 6.45) is 0.779. The van der Waals surface area contributed by atoms with Crippen molar-refractivity contribution in [2.75, 3.05) is 19.7 Å². The van der Waals surface area contributed by atoms with Gasteiger partial charge >= 0.3 is 17.7 Å². The molecule has 144 valence electrons. The Kier molecular flexibility index (Phi) is 5.58. The van der Waals surface area contributed by atoms with Crippen LogP contribution in [0, 0.1) is 0 Å². The second-order valence-electron chi connectivity index (χ2n) is 6.26. The number of imide groups is 1. The summed E-state index contributed by atoms with van der Waals surface area (Å²) in [5, 5.41) is 2.51. The lowest BCUT2D eigenvalue weighted by molar-refractivity contribution is -0.150. The molecule has 0 atom stereocenters. The van der Waals surface area contributed by atoms with Crippen LogP contribution in [0.2, 0.25) is 0 Å². The third kappa shape index (κ3) is 3.86. The highest BCUT2D eigenvalue weighted by Gasteiger charge is 2.26. The third-order valence-corrected chi connectivity index (χ3v) is 4.43. The molecule has 3 rings (SSSR count). The third-order valence-electron chi connectivity index (χ3n) is 4.43. The molecule has 1 saturated heterocycles. The molecule has 1 aliphatic heterocycles. The predicted molar refractivity (Wildman–Crippen MR) is 97.2 cm³/mol. The highest BCUT2D eigenvalue weighted by atomic mass is 16.5. The first-order valence-corrected chi connectivity index (χ1v) is 8.94. The first-order chi connectivity index (χ1) is 13.0. The van der Waals surface area contributed by atoms with Gasteiger partial charge in [-0.2, -0.15) is 0 Å². The molecule has 0 saturated carbocycles. The lowest BCUT2D eigenvalue weighted by Gasteiger charge is -2.12. The fourth-order valence-electron chi connectivity index (χ4n) is 3.13. The normalized spacial score (nSPS) is 13.8. The number of hydrogen-bond acceptors (Lipinski definition) is 5. The molecule has 2 heterocycles. The molecule has 3 amide bonds. The van der Waals surface area contributed by atoms with Gasteiger partial charge in [-0.1, -0.05) is 19.1 Å². The van der Waals surface area contributed by atoms with Crippen LogP contribution in [-0.2, 0) is 27.4 Å². The maximum atomic E-state index is 12.6. The summed E-state index contributed by atoms with van der Waals surface area (Å²) in [6, 6.07) is 6.94. The molecule has 0 unspecified atom stereocenters. The topological polar surface area (TPSA) is 103 Å². The van der Waals surface area contributed by atoms with E-state index in [4.69, 9.17) is 4.74 Å². The summed E-state index contributed by atoms with van der Waals surface area (Å²) in [6.45, 7) is 2.92. The highest BCUT2D eigenvalue weighted by molar-refractivity contribution is 5.96. The van der Waals surface area contributed by atoms with Crippen molar-refractivity contribution in [3.63, 3.8) is 0 Å². The number of para-hydroxylation sites is 2. The molecule has 2 aromatic rings. The molecule has 0 aliphatic carbocycles. The molecule has 0 bridgehead atoms. The number of fused-ring (bicyclic) bond motifs is 1. The summed E-state index contributed by atoms with van der Waals surface area (Å²) >= 11 is 0. The van der Waals surface area contributed by atoms with Gasteiger partial charge in [-0.15, -0.1) is 0 Å². The fraction of sp³-hybridized carbons (Fsp3) is 0.444. The zero-order chi connectivity index (χ0) is 19.4. The van der Waals surface area contributed by atoms with Gasteiger partial charge in [0.2, 0.25) is 0 Å². The fourth-order valence-corrected chi connectivity index (χ4v) is 3.13. The molecular formula is C18H22N4O5. The van der Waals surface area contributed by atoms with E-state index in [0.717, 1.165) is 22.4 Å². The van der Waals surface area contributed by atoms with Crippen molar-refractivity contribution in [3.05, 3.63) is 34.7 Å². The van der Waals surface area contributed by atoms with Crippen LogP contribution in [0.15, 0.2) is 29.1 Å². The van der Waals surface area contributed by atoms with Crippen molar-refractivity contribution in [1.82, 2.24) is 19.4 Å². The number of benzene rings is 1. The van der Waals surface area contributed by atoms with Crippen LogP contribution < -0.4 is 11.0 Å². The number of carbonyl (C=O) groups excluding carboxylic acids is 3. The van der Waals surface area contributed by atoms with E-state index in [2.05, 4.69) is 5.32 Å². The number of amides is 3. The van der Waals surface area contributed by atoms with Gasteiger partial charge in [0.15, 0.2) is 6.61 Å². The summed E-state index contributed by atoms with van der Waals surface area (Å²) in [7, 11) is 0. The molecule has 1 N–H and O–H groups in total. The summed E-state index contributed by atoms with van der Waals surface area (Å²) < 4.78 is 8.19. The summed E-state index contributed by atoms with van der Waals surface area (Å²) in [5.74, 6) is -1.16. The number of hydrogen-bond donors (Lipinski definition) is 1. The lowest BCUT2D eigenvalue weighted by atomic mass is 10.3. The molecule has 27 heavy (non-hydrogen) atoms. The molecule has 9 heteroatoms. The second-order valence-corrected chi connectivity index (χ2v) is 6.26. The van der Waals surface area contributed by atoms with Crippen LogP contribution in [0.3, 0.4) is 0 Å². The minimum absolute atomic E-state index is 0.0421. The number of urea groups is 1. The van der Waals surface area contributed by atoms with Crippen molar-refractivity contribution in [2.24, 2.45) is 0 Å². The van der Waals surface area contributed by atoms with Crippen LogP contribution in [0.5, 0.6) is 0 Å². The number of carbonyl (C=O) groups is 3. The number of esters is 1. The zero-order valence-corrected chi connectivity index (χ0v) is 15.1. The van der Waals surface area contributed by atoms with Crippen LogP contribution in [-0.4, -0.2) is 51.6 Å². The molecular weight excluding hydrogens is 352 g/mol. The van der Waals surface area contributed by atoms with E-state index in [1.807, 2.05) is 31.2 Å². The first kappa shape index (κ1) is 18.7. The zero-order valence-electron chi connectivity index (χ0n) is 15.1. The number of rotatable bonds is 7. The SMILES string of the molecule is CCCn1c(=O)n(CCC(=O)OCC(=O)N2CCNC2=O)c2ccccc21. The van der Waals surface area contributed by atoms with Gasteiger partial charge in [0.05, 0.1) is 17.5 Å². The average Bonchev–Trinajstić information content (AvgIpc) is 3.20. The lowest BCUT2D eigenvalue weighted by Crippen LogP contribution is -2.37. The Balaban J connectivity index is 1.62. The average molecular weight is 374 g/mol. The Morgan fingerprint density at radius 2 is 1.78 bits per heavy atom. The Morgan fingerprint density at radius 3 is 2.37 bits per heavy atom. The Labute approximate surface area is 155 Å². The molecule has 1 aromatic heterocycles. The minimum atomic E-state index is -0.595. The smallest absolute Gasteiger partial charge is 0.329 e. The van der Waals surface area contributed by atoms with E-state index >= 15 is 0 Å². The van der Waals surface area contributed by atoms with Crippen LogP contribution in [0.25, 0.3) is 11.0 Å². The maximum Gasteiger partial charge on any atom is 0.329 e. The van der Waals surface area contributed by atoms with Gasteiger partial charge in [-0.05, 0) is 18.6 Å². The minimum Gasteiger partial charge on any atom is -0.455 e. The van der Waals surface area contributed by atoms with Crippen molar-refractivity contribution in [1.29, 1.82) is 0 Å². The van der Waals surface area contributed by atoms with Crippen molar-refractivity contribution in [3.8, 4) is 0 Å². The number of aryl methyl sites for hydroxylation is 2. The van der Waals surface area contributed by atoms with Gasteiger partial charge < -0.3 is 10.1 Å². The van der Waals surface area contributed by atoms with E-state index in [1.165, 1.54) is 0 Å². The van der Waals surface area contributed by atoms with Gasteiger partial charge in [-0.25, -0.2) is 9.59 Å². The van der Waals surface area contributed by atoms with E-state index < -0.39 is 24.5 Å². The van der Waals surface area contributed by atoms with Crippen molar-refractivity contribution in [2.45, 2.75) is 32.9 Å². The summed E-state index contributed by atoms with van der Waals surface area (Å²) in [5.41, 5.74) is 1.41. The first-order valence-electron chi connectivity index (χ1n) is 8.94. The molecule has 1 fully saturated rings. The van der Waals surface area contributed by atoms with Gasteiger partial charge in [0.1, 0.15) is 0 Å². The molecule has 0 radical (unpaired) electrons. The van der Waals surface area contributed by atoms with Crippen LogP contribution >= 0.6 is 0 Å². The Hall–Kier alpha value is -3.10. The van der Waals surface area contributed by atoms with Gasteiger partial charge in [-0.3, -0.25) is 23.6 Å². The van der Waals surface area contributed by atoms with E-state index in [0.29, 0.717) is 13.1 Å². The second kappa shape index (κ2) is 8.07. The highest BCUT2D eigenvalue weighted by Crippen LogP contribution is 2.13. The van der Waals surface area contributed by atoms with Crippen molar-refractivity contribution < 1.29 is 19.1 Å². The molecule has 1 aromatic carbocycles. The Morgan fingerprint density at radius 1 is 1.11 bits per heavy atom. The van der Waals surface area contributed by atoms with Crippen LogP contribution in [0.4, 0.5) is 4.79 Å². The monoisotopic (exact) mass is 374 g/mol. The van der Waals surface area contributed by atoms with E-state index in [9.17, 15) is 19.2 Å². The molecule has 0 spiro atoms. The number of imidazole rings is 1. The predicted octanol–water partition coefficient (Wildman–Crippen LogP) is 0.698. The van der Waals surface area contributed by atoms with Crippen molar-refractivity contribution >= 4 is 28.9 Å². The number of aromatic nitrogens is 2. The quantitative estimate of drug-likeness (QED) is 0.719. The number of nitrogens with zero attached hydrogens (tertiary/aromatic N) is 3.